The fourth-order valence-electron chi connectivity index (χ4n) is 3.20. The lowest BCUT2D eigenvalue weighted by atomic mass is 10.1. The van der Waals surface area contributed by atoms with E-state index in [2.05, 4.69) is 21.2 Å². The lowest BCUT2D eigenvalue weighted by molar-refractivity contribution is -0.122. The van der Waals surface area contributed by atoms with Crippen molar-refractivity contribution in [2.75, 3.05) is 4.90 Å². The molecule has 166 valence electrons. The first-order valence-electron chi connectivity index (χ1n) is 9.66. The van der Waals surface area contributed by atoms with Crippen LogP contribution in [0.5, 0.6) is 5.75 Å². The second-order valence-corrected chi connectivity index (χ2v) is 8.76. The monoisotopic (exact) mass is 544 g/mol. The van der Waals surface area contributed by atoms with Crippen molar-refractivity contribution in [3.05, 3.63) is 97.9 Å². The number of barbiturate groups is 1. The average molecular weight is 546 g/mol. The number of nitrogens with zero attached hydrogens (tertiary/aromatic N) is 1. The van der Waals surface area contributed by atoms with Gasteiger partial charge in [0.05, 0.1) is 5.69 Å². The Kier molecular flexibility index (Phi) is 6.83. The number of amides is 4. The van der Waals surface area contributed by atoms with Crippen LogP contribution >= 0.6 is 39.1 Å². The number of benzene rings is 3. The summed E-state index contributed by atoms with van der Waals surface area (Å²) in [5.41, 5.74) is 1.27. The summed E-state index contributed by atoms with van der Waals surface area (Å²) in [5.74, 6) is -1.15. The van der Waals surface area contributed by atoms with Gasteiger partial charge in [0.2, 0.25) is 0 Å². The Labute approximate surface area is 207 Å². The number of nitrogens with one attached hydrogen (secondary N) is 1. The molecule has 1 heterocycles. The molecule has 0 saturated carbocycles. The van der Waals surface area contributed by atoms with E-state index < -0.39 is 17.8 Å². The second-order valence-electron chi connectivity index (χ2n) is 7.00. The van der Waals surface area contributed by atoms with Crippen LogP contribution in [-0.2, 0) is 16.2 Å². The molecule has 0 spiro atoms. The van der Waals surface area contributed by atoms with Crippen molar-refractivity contribution in [3.8, 4) is 5.75 Å². The third-order valence-electron chi connectivity index (χ3n) is 4.78. The molecule has 9 heteroatoms. The van der Waals surface area contributed by atoms with Gasteiger partial charge >= 0.3 is 6.03 Å². The molecule has 1 aliphatic heterocycles. The van der Waals surface area contributed by atoms with Crippen LogP contribution in [0.25, 0.3) is 6.08 Å². The molecular formula is C24H15BrCl2N2O4. The maximum atomic E-state index is 13.1. The third kappa shape index (κ3) is 5.11. The third-order valence-corrected chi connectivity index (χ3v) is 5.88. The second kappa shape index (κ2) is 9.79. The zero-order valence-corrected chi connectivity index (χ0v) is 19.9. The highest BCUT2D eigenvalue weighted by Crippen LogP contribution is 2.30. The standard InChI is InChI=1S/C24H15BrCl2N2O4/c25-16-8-9-21(33-13-14-4-1-2-7-20(14)27)15(10-16)11-19-22(30)28-24(32)29(23(19)31)18-6-3-5-17(26)12-18/h1-12H,13H2,(H,28,30,32)/b19-11+. The number of carbonyl (C=O) groups is 3. The fourth-order valence-corrected chi connectivity index (χ4v) is 3.95. The van der Waals surface area contributed by atoms with E-state index in [0.29, 0.717) is 25.8 Å². The van der Waals surface area contributed by atoms with Crippen molar-refractivity contribution >= 4 is 68.7 Å². The molecule has 1 N–H and O–H groups in total. The highest BCUT2D eigenvalue weighted by Gasteiger charge is 2.37. The van der Waals surface area contributed by atoms with Gasteiger partial charge in [-0.15, -0.1) is 0 Å². The van der Waals surface area contributed by atoms with Crippen LogP contribution in [0.1, 0.15) is 11.1 Å². The molecule has 0 unspecified atom stereocenters. The molecule has 4 amide bonds. The first-order chi connectivity index (χ1) is 15.8. The van der Waals surface area contributed by atoms with E-state index >= 15 is 0 Å². The number of imide groups is 2. The van der Waals surface area contributed by atoms with Crippen molar-refractivity contribution in [3.63, 3.8) is 0 Å². The average Bonchev–Trinajstić information content (AvgIpc) is 2.77. The maximum absolute atomic E-state index is 13.1. The molecule has 0 bridgehead atoms. The van der Waals surface area contributed by atoms with E-state index in [0.717, 1.165) is 10.5 Å². The summed E-state index contributed by atoms with van der Waals surface area (Å²) in [6.45, 7) is 0.185. The summed E-state index contributed by atoms with van der Waals surface area (Å²) in [6, 6.07) is 17.8. The zero-order chi connectivity index (χ0) is 23.5. The molecule has 4 rings (SSSR count). The molecule has 3 aromatic carbocycles. The highest BCUT2D eigenvalue weighted by molar-refractivity contribution is 9.10. The van der Waals surface area contributed by atoms with Crippen molar-refractivity contribution in [1.29, 1.82) is 0 Å². The predicted molar refractivity (Wildman–Crippen MR) is 130 cm³/mol. The summed E-state index contributed by atoms with van der Waals surface area (Å²) in [7, 11) is 0. The Hall–Kier alpha value is -3.13. The van der Waals surface area contributed by atoms with Crippen molar-refractivity contribution in [2.45, 2.75) is 6.61 Å². The lowest BCUT2D eigenvalue weighted by Gasteiger charge is -2.26. The van der Waals surface area contributed by atoms with E-state index in [-0.39, 0.29) is 17.9 Å². The molecule has 1 aliphatic rings. The largest absolute Gasteiger partial charge is 0.488 e. The van der Waals surface area contributed by atoms with Crippen LogP contribution < -0.4 is 15.0 Å². The van der Waals surface area contributed by atoms with E-state index in [1.165, 1.54) is 12.1 Å². The van der Waals surface area contributed by atoms with Gasteiger partial charge in [-0.05, 0) is 48.5 Å². The summed E-state index contributed by atoms with van der Waals surface area (Å²) in [5, 5.41) is 3.10. The number of ether oxygens (including phenoxy) is 1. The molecule has 3 aromatic rings. The molecule has 1 saturated heterocycles. The summed E-state index contributed by atoms with van der Waals surface area (Å²) < 4.78 is 6.64. The van der Waals surface area contributed by atoms with E-state index in [4.69, 9.17) is 27.9 Å². The van der Waals surface area contributed by atoms with Gasteiger partial charge in [-0.25, -0.2) is 9.69 Å². The van der Waals surface area contributed by atoms with Crippen LogP contribution in [0.15, 0.2) is 76.8 Å². The Morgan fingerprint density at radius 1 is 0.970 bits per heavy atom. The summed E-state index contributed by atoms with van der Waals surface area (Å²) in [6.07, 6.45) is 1.38. The van der Waals surface area contributed by atoms with Crippen molar-refractivity contribution < 1.29 is 19.1 Å². The Morgan fingerprint density at radius 3 is 2.52 bits per heavy atom. The van der Waals surface area contributed by atoms with Crippen molar-refractivity contribution in [2.24, 2.45) is 0 Å². The molecule has 33 heavy (non-hydrogen) atoms. The minimum Gasteiger partial charge on any atom is -0.488 e. The van der Waals surface area contributed by atoms with Crippen LogP contribution in [0, 0.1) is 0 Å². The van der Waals surface area contributed by atoms with E-state index in [1.54, 1.807) is 42.5 Å². The number of urea groups is 1. The SMILES string of the molecule is O=C1NC(=O)N(c2cccc(Cl)c2)C(=O)/C1=C/c1cc(Br)ccc1OCc1ccccc1Cl. The molecule has 0 radical (unpaired) electrons. The quantitative estimate of drug-likeness (QED) is 0.315. The van der Waals surface area contributed by atoms with Gasteiger partial charge < -0.3 is 4.74 Å². The summed E-state index contributed by atoms with van der Waals surface area (Å²) in [4.78, 5) is 38.9. The lowest BCUT2D eigenvalue weighted by Crippen LogP contribution is -2.54. The van der Waals surface area contributed by atoms with Gasteiger partial charge in [-0.1, -0.05) is 63.4 Å². The molecule has 0 atom stereocenters. The number of carbonyl (C=O) groups excluding carboxylic acids is 3. The van der Waals surface area contributed by atoms with E-state index in [1.807, 2.05) is 18.2 Å². The zero-order valence-electron chi connectivity index (χ0n) is 16.8. The van der Waals surface area contributed by atoms with Gasteiger partial charge in [-0.3, -0.25) is 14.9 Å². The van der Waals surface area contributed by atoms with Gasteiger partial charge in [0.1, 0.15) is 17.9 Å². The number of hydrogen-bond acceptors (Lipinski definition) is 4. The molecule has 0 aliphatic carbocycles. The fraction of sp³-hybridized carbons (Fsp3) is 0.0417. The van der Waals surface area contributed by atoms with Crippen LogP contribution in [0.2, 0.25) is 10.0 Å². The van der Waals surface area contributed by atoms with Crippen LogP contribution in [-0.4, -0.2) is 17.8 Å². The first-order valence-corrected chi connectivity index (χ1v) is 11.2. The number of hydrogen-bond donors (Lipinski definition) is 1. The smallest absolute Gasteiger partial charge is 0.335 e. The Balaban J connectivity index is 1.69. The Morgan fingerprint density at radius 2 is 1.76 bits per heavy atom. The molecule has 6 nitrogen and oxygen atoms in total. The van der Waals surface area contributed by atoms with Crippen LogP contribution in [0.4, 0.5) is 10.5 Å². The minimum absolute atomic E-state index is 0.185. The summed E-state index contributed by atoms with van der Waals surface area (Å²) >= 11 is 15.6. The molecule has 0 aromatic heterocycles. The van der Waals surface area contributed by atoms with Gasteiger partial charge in [0, 0.05) is 25.6 Å². The number of halogens is 3. The minimum atomic E-state index is -0.853. The topological polar surface area (TPSA) is 75.7 Å². The van der Waals surface area contributed by atoms with Gasteiger partial charge in [0.15, 0.2) is 0 Å². The Bertz CT molecular complexity index is 1310. The van der Waals surface area contributed by atoms with E-state index in [9.17, 15) is 14.4 Å². The molecular weight excluding hydrogens is 531 g/mol. The first kappa shape index (κ1) is 23.0. The van der Waals surface area contributed by atoms with Gasteiger partial charge in [0.25, 0.3) is 11.8 Å². The van der Waals surface area contributed by atoms with Gasteiger partial charge in [-0.2, -0.15) is 0 Å². The highest BCUT2D eigenvalue weighted by atomic mass is 79.9. The van der Waals surface area contributed by atoms with Crippen molar-refractivity contribution in [1.82, 2.24) is 5.32 Å². The normalized spacial score (nSPS) is 15.1. The number of anilines is 1. The maximum Gasteiger partial charge on any atom is 0.335 e. The number of rotatable bonds is 5. The van der Waals surface area contributed by atoms with Crippen LogP contribution in [0.3, 0.4) is 0 Å². The molecule has 1 fully saturated rings. The predicted octanol–water partition coefficient (Wildman–Crippen LogP) is 6.00.